The van der Waals surface area contributed by atoms with Crippen LogP contribution in [0.3, 0.4) is 0 Å². The average molecular weight is 1770 g/mol. The van der Waals surface area contributed by atoms with E-state index in [1.165, 1.54) is 71.2 Å². The predicted molar refractivity (Wildman–Crippen MR) is 568 cm³/mol. The van der Waals surface area contributed by atoms with E-state index in [1.807, 2.05) is 97.5 Å². The molecule has 0 unspecified atom stereocenters. The molecule has 28 aromatic rings. The van der Waals surface area contributed by atoms with E-state index < -0.39 is 0 Å². The number of furan rings is 3. The van der Waals surface area contributed by atoms with Crippen LogP contribution in [0.5, 0.6) is 0 Å². The fourth-order valence-corrected chi connectivity index (χ4v) is 20.1. The van der Waals surface area contributed by atoms with E-state index in [0.29, 0.717) is 0 Å². The molecule has 138 heavy (non-hydrogen) atoms. The van der Waals surface area contributed by atoms with E-state index in [1.54, 1.807) is 0 Å². The molecule has 0 saturated heterocycles. The van der Waals surface area contributed by atoms with Gasteiger partial charge in [0.25, 0.3) is 0 Å². The van der Waals surface area contributed by atoms with Gasteiger partial charge in [0.2, 0.25) is 0 Å². The molecule has 11 nitrogen and oxygen atoms in total. The maximum absolute atomic E-state index is 6.10. The molecule has 0 fully saturated rings. The molecular weight excluding hydrogens is 1690 g/mol. The van der Waals surface area contributed by atoms with Crippen LogP contribution >= 0.6 is 0 Å². The first-order chi connectivity index (χ1) is 68.4. The largest absolute Gasteiger partial charge is 0.456 e. The molecule has 0 bridgehead atoms. The summed E-state index contributed by atoms with van der Waals surface area (Å²) in [5, 5.41) is 14.0. The van der Waals surface area contributed by atoms with Gasteiger partial charge < -0.3 is 17.8 Å². The Kier molecular flexibility index (Phi) is 19.7. The van der Waals surface area contributed by atoms with Crippen LogP contribution in [-0.4, -0.2) is 38.6 Å². The maximum Gasteiger partial charge on any atom is 0.138 e. The summed E-state index contributed by atoms with van der Waals surface area (Å²) in [6, 6.07) is 164. The third-order valence-electron chi connectivity index (χ3n) is 26.8. The first-order valence-electron chi connectivity index (χ1n) is 46.4. The van der Waals surface area contributed by atoms with Crippen LogP contribution < -0.4 is 0 Å². The van der Waals surface area contributed by atoms with Gasteiger partial charge in [-0.1, -0.05) is 285 Å². The normalized spacial score (nSPS) is 11.6. The molecule has 0 aliphatic rings. The monoisotopic (exact) mass is 1760 g/mol. The summed E-state index contributed by atoms with van der Waals surface area (Å²) >= 11 is 0. The second-order valence-corrected chi connectivity index (χ2v) is 35.0. The van der Waals surface area contributed by atoms with Crippen molar-refractivity contribution in [1.82, 2.24) is 38.6 Å². The molecule has 0 radical (unpaired) electrons. The van der Waals surface area contributed by atoms with Crippen LogP contribution in [0, 0.1) is 0 Å². The van der Waals surface area contributed by atoms with Gasteiger partial charge in [0.15, 0.2) is 0 Å². The first-order valence-corrected chi connectivity index (χ1v) is 46.4. The van der Waals surface area contributed by atoms with Crippen molar-refractivity contribution < 1.29 is 13.3 Å². The molecule has 28 rings (SSSR count). The Labute approximate surface area is 792 Å². The summed E-state index contributed by atoms with van der Waals surface area (Å²) < 4.78 is 25.2. The second-order valence-electron chi connectivity index (χ2n) is 35.0. The lowest BCUT2D eigenvalue weighted by Crippen LogP contribution is -2.00. The summed E-state index contributed by atoms with van der Waals surface area (Å²) in [4.78, 5) is 24.6. The van der Waals surface area contributed by atoms with Gasteiger partial charge in [-0.3, -0.25) is 19.1 Å². The topological polar surface area (TPSA) is 119 Å². The van der Waals surface area contributed by atoms with Gasteiger partial charge in [0, 0.05) is 106 Å². The number of nitrogens with zero attached hydrogens (tertiary/aromatic N) is 8. The highest BCUT2D eigenvalue weighted by molar-refractivity contribution is 6.15. The highest BCUT2D eigenvalue weighted by atomic mass is 16.3. The highest BCUT2D eigenvalue weighted by Gasteiger charge is 2.23. The number of hydrogen-bond donors (Lipinski definition) is 0. The Morgan fingerprint density at radius 3 is 0.935 bits per heavy atom. The Morgan fingerprint density at radius 1 is 0.152 bits per heavy atom. The minimum atomic E-state index is 0.838. The number of benzene rings is 17. The number of para-hydroxylation sites is 6. The highest BCUT2D eigenvalue weighted by Crippen LogP contribution is 2.45. The second kappa shape index (κ2) is 33.8. The molecule has 17 aromatic carbocycles. The van der Waals surface area contributed by atoms with Crippen molar-refractivity contribution in [3.8, 4) is 129 Å². The lowest BCUT2D eigenvalue weighted by atomic mass is 10.00. The Hall–Kier alpha value is -18.7. The van der Waals surface area contributed by atoms with E-state index in [4.69, 9.17) is 28.2 Å². The van der Waals surface area contributed by atoms with Gasteiger partial charge in [-0.15, -0.1) is 0 Å². The van der Waals surface area contributed by atoms with Gasteiger partial charge in [-0.05, 0) is 249 Å². The van der Waals surface area contributed by atoms with Crippen LogP contribution in [0.25, 0.3) is 260 Å². The Morgan fingerprint density at radius 2 is 0.478 bits per heavy atom. The molecule has 11 aromatic heterocycles. The number of hydrogen-bond acceptors (Lipinski definition) is 8. The summed E-state index contributed by atoms with van der Waals surface area (Å²) in [6.45, 7) is 0. The third kappa shape index (κ3) is 14.5. The van der Waals surface area contributed by atoms with Crippen LogP contribution in [-0.2, 0) is 0 Å². The fourth-order valence-electron chi connectivity index (χ4n) is 20.1. The van der Waals surface area contributed by atoms with Crippen LogP contribution in [0.4, 0.5) is 0 Å². The summed E-state index contributed by atoms with van der Waals surface area (Å²) in [5.41, 5.74) is 34.9. The summed E-state index contributed by atoms with van der Waals surface area (Å²) in [6.07, 6.45) is 5.60. The van der Waals surface area contributed by atoms with E-state index in [0.717, 1.165) is 189 Å². The summed E-state index contributed by atoms with van der Waals surface area (Å²) in [5.74, 6) is 1.73. The SMILES string of the molecule is c1ccc(-c2cc(-c3ccccc3)nc(-c3ccc(-n4c5ccccc5c5cc(-c6ccc7oc8ccccc8c7c6)ccc54)cc3)c2)cc1.c1ccc(-c2cc(-c3ccccn3)nc(-n3c4ccccc4c4cc(-c5ccc6oc7ccccc7c6c5)ccc43)c2)cc1.c1ccc(-c2ccnc(-c3ccc(-n4c5ccccc5c5cc(-c6ccc7oc8ccccc8c7c6)ccc54)nc3)c2)cc1. The van der Waals surface area contributed by atoms with Crippen molar-refractivity contribution in [2.24, 2.45) is 0 Å². The average Bonchev–Trinajstić information content (AvgIpc) is 1.59. The Balaban J connectivity index is 0.000000107. The van der Waals surface area contributed by atoms with E-state index >= 15 is 0 Å². The van der Waals surface area contributed by atoms with Gasteiger partial charge in [0.05, 0.1) is 61.6 Å². The fraction of sp³-hybridized carbons (Fsp3) is 0. The van der Waals surface area contributed by atoms with E-state index in [-0.39, 0.29) is 0 Å². The molecule has 0 aliphatic carbocycles. The zero-order valence-corrected chi connectivity index (χ0v) is 74.5. The van der Waals surface area contributed by atoms with Crippen molar-refractivity contribution in [1.29, 1.82) is 0 Å². The number of pyridine rings is 5. The predicted octanol–water partition coefficient (Wildman–Crippen LogP) is 33.7. The molecule has 11 heterocycles. The lowest BCUT2D eigenvalue weighted by molar-refractivity contribution is 0.668. The molecule has 0 N–H and O–H groups in total. The third-order valence-corrected chi connectivity index (χ3v) is 26.8. The van der Waals surface area contributed by atoms with Crippen LogP contribution in [0.2, 0.25) is 0 Å². The maximum atomic E-state index is 6.10. The zero-order valence-electron chi connectivity index (χ0n) is 74.5. The molecule has 0 saturated carbocycles. The minimum Gasteiger partial charge on any atom is -0.456 e. The quantitative estimate of drug-likeness (QED) is 0.112. The van der Waals surface area contributed by atoms with Crippen molar-refractivity contribution in [2.75, 3.05) is 0 Å². The van der Waals surface area contributed by atoms with Crippen molar-refractivity contribution in [3.05, 3.63) is 486 Å². The minimum absolute atomic E-state index is 0.838. The van der Waals surface area contributed by atoms with Crippen molar-refractivity contribution in [2.45, 2.75) is 0 Å². The van der Waals surface area contributed by atoms with Gasteiger partial charge in [-0.25, -0.2) is 15.0 Å². The van der Waals surface area contributed by atoms with Crippen LogP contribution in [0.15, 0.2) is 499 Å². The number of rotatable bonds is 13. The summed E-state index contributed by atoms with van der Waals surface area (Å²) in [7, 11) is 0. The molecule has 0 amide bonds. The molecule has 0 atom stereocenters. The van der Waals surface area contributed by atoms with Gasteiger partial charge in [0.1, 0.15) is 45.1 Å². The lowest BCUT2D eigenvalue weighted by Gasteiger charge is -2.12. The van der Waals surface area contributed by atoms with Gasteiger partial charge >= 0.3 is 0 Å². The Bertz CT molecular complexity index is 9460. The van der Waals surface area contributed by atoms with Crippen LogP contribution in [0.1, 0.15) is 0 Å². The molecule has 11 heteroatoms. The van der Waals surface area contributed by atoms with E-state index in [9.17, 15) is 0 Å². The van der Waals surface area contributed by atoms with Crippen molar-refractivity contribution in [3.63, 3.8) is 0 Å². The first kappa shape index (κ1) is 80.2. The van der Waals surface area contributed by atoms with Gasteiger partial charge in [-0.2, -0.15) is 0 Å². The molecule has 0 aliphatic heterocycles. The molecule has 646 valence electrons. The molecular formula is C127H80N8O3. The zero-order chi connectivity index (χ0) is 91.1. The van der Waals surface area contributed by atoms with E-state index in [2.05, 4.69) is 412 Å². The number of fused-ring (bicyclic) bond motifs is 18. The number of aromatic nitrogens is 8. The van der Waals surface area contributed by atoms with Crippen molar-refractivity contribution >= 4 is 131 Å². The molecule has 0 spiro atoms. The smallest absolute Gasteiger partial charge is 0.138 e. The standard InChI is InChI=1S/C47H30N2O.2C40H25N3O/c1-3-11-31(12-4-1)36-29-42(32-13-5-2-6-14-32)48-43(30-36)33-19-23-37(24-20-33)49-44-17-9-7-15-38(44)40-27-34(21-25-45(40)49)35-22-26-47-41(28-35)39-16-8-10-18-46(39)50-47;1-2-10-26(11-3-1)29-24-35(34-14-8-9-21-41-34)42-40(25-29)43-36-15-6-4-12-30(36)32-22-27(17-19-37(32)43)28-18-20-39-33(23-28)31-13-5-7-16-38(31)44-39;1-2-8-26(9-3-1)29-20-21-41-35(24-29)30-16-19-40(42-25-30)43-36-12-6-4-10-31(36)33-22-27(14-17-37(33)43)28-15-18-39-34(23-28)32-11-5-7-13-38(32)44-39/h1-30H;2*1-25H.